The van der Waals surface area contributed by atoms with E-state index < -0.39 is 5.97 Å². The first-order chi connectivity index (χ1) is 11.0. The molecule has 23 heavy (non-hydrogen) atoms. The molecule has 1 aromatic carbocycles. The van der Waals surface area contributed by atoms with Gasteiger partial charge in [-0.2, -0.15) is 0 Å². The van der Waals surface area contributed by atoms with E-state index in [0.717, 1.165) is 11.1 Å². The Bertz CT molecular complexity index is 853. The van der Waals surface area contributed by atoms with Crippen LogP contribution in [0.3, 0.4) is 0 Å². The molecule has 0 aliphatic carbocycles. The molecule has 1 N–H and O–H groups in total. The van der Waals surface area contributed by atoms with Crippen LogP contribution < -0.4 is 4.74 Å². The maximum atomic E-state index is 11.1. The molecule has 2 aromatic heterocycles. The highest BCUT2D eigenvalue weighted by Crippen LogP contribution is 2.18. The van der Waals surface area contributed by atoms with Gasteiger partial charge < -0.3 is 9.84 Å². The lowest BCUT2D eigenvalue weighted by Gasteiger charge is -2.08. The number of imidazole rings is 1. The Morgan fingerprint density at radius 3 is 2.65 bits per heavy atom. The number of aliphatic carboxylic acids is 1. The number of carboxylic acids is 1. The van der Waals surface area contributed by atoms with Crippen LogP contribution in [0.1, 0.15) is 17.0 Å². The van der Waals surface area contributed by atoms with Gasteiger partial charge in [0, 0.05) is 6.20 Å². The summed E-state index contributed by atoms with van der Waals surface area (Å²) in [6.45, 7) is 3.92. The maximum absolute atomic E-state index is 11.1. The molecule has 0 radical (unpaired) electrons. The van der Waals surface area contributed by atoms with Gasteiger partial charge in [0.2, 0.25) is 0 Å². The summed E-state index contributed by atoms with van der Waals surface area (Å²) in [5.74, 6) is 0.318. The molecule has 0 bridgehead atoms. The number of aromatic nitrogens is 3. The second-order valence-electron chi connectivity index (χ2n) is 5.47. The van der Waals surface area contributed by atoms with Gasteiger partial charge in [0.25, 0.3) is 0 Å². The van der Waals surface area contributed by atoms with Crippen molar-refractivity contribution in [2.45, 2.75) is 27.0 Å². The molecule has 0 saturated heterocycles. The molecule has 0 unspecified atom stereocenters. The average molecular weight is 311 g/mol. The number of ether oxygens (including phenoxy) is 1. The van der Waals surface area contributed by atoms with E-state index >= 15 is 0 Å². The maximum Gasteiger partial charge on any atom is 0.323 e. The largest absolute Gasteiger partial charge is 0.486 e. The first-order valence-corrected chi connectivity index (χ1v) is 7.26. The van der Waals surface area contributed by atoms with Crippen LogP contribution in [0.15, 0.2) is 36.5 Å². The highest BCUT2D eigenvalue weighted by atomic mass is 16.5. The summed E-state index contributed by atoms with van der Waals surface area (Å²) in [5, 5.41) is 9.12. The predicted molar refractivity (Wildman–Crippen MR) is 85.4 cm³/mol. The summed E-state index contributed by atoms with van der Waals surface area (Å²) in [4.78, 5) is 19.9. The lowest BCUT2D eigenvalue weighted by atomic mass is 10.2. The number of fused-ring (bicyclic) bond motifs is 1. The predicted octanol–water partition coefficient (Wildman–Crippen LogP) is 2.71. The van der Waals surface area contributed by atoms with Gasteiger partial charge in [-0.3, -0.25) is 9.36 Å². The average Bonchev–Trinajstić information content (AvgIpc) is 2.83. The van der Waals surface area contributed by atoms with Gasteiger partial charge in [-0.25, -0.2) is 9.97 Å². The van der Waals surface area contributed by atoms with Gasteiger partial charge in [0.05, 0.1) is 0 Å². The molecule has 0 atom stereocenters. The smallest absolute Gasteiger partial charge is 0.323 e. The fraction of sp³-hybridized carbons (Fsp3) is 0.235. The van der Waals surface area contributed by atoms with Crippen molar-refractivity contribution < 1.29 is 14.6 Å². The zero-order valence-corrected chi connectivity index (χ0v) is 13.0. The third kappa shape index (κ3) is 3.31. The van der Waals surface area contributed by atoms with Crippen LogP contribution in [-0.2, 0) is 17.9 Å². The first kappa shape index (κ1) is 15.0. The lowest BCUT2D eigenvalue weighted by molar-refractivity contribution is -0.137. The Labute approximate surface area is 133 Å². The Hall–Kier alpha value is -2.89. The number of pyridine rings is 1. The van der Waals surface area contributed by atoms with Crippen molar-refractivity contribution in [3.05, 3.63) is 53.5 Å². The Balaban J connectivity index is 1.91. The molecule has 6 heteroatoms. The van der Waals surface area contributed by atoms with Gasteiger partial charge in [-0.15, -0.1) is 0 Å². The second kappa shape index (κ2) is 6.08. The van der Waals surface area contributed by atoms with Crippen molar-refractivity contribution in [1.82, 2.24) is 14.5 Å². The summed E-state index contributed by atoms with van der Waals surface area (Å²) in [7, 11) is 0. The molecular weight excluding hydrogens is 294 g/mol. The van der Waals surface area contributed by atoms with Crippen LogP contribution in [-0.4, -0.2) is 25.6 Å². The van der Waals surface area contributed by atoms with Crippen LogP contribution >= 0.6 is 0 Å². The van der Waals surface area contributed by atoms with Crippen molar-refractivity contribution in [3.8, 4) is 5.75 Å². The van der Waals surface area contributed by atoms with Gasteiger partial charge in [-0.1, -0.05) is 17.7 Å². The molecule has 0 aliphatic rings. The highest BCUT2D eigenvalue weighted by Gasteiger charge is 2.15. The summed E-state index contributed by atoms with van der Waals surface area (Å²) in [5.41, 5.74) is 3.35. The monoisotopic (exact) mass is 311 g/mol. The van der Waals surface area contributed by atoms with Gasteiger partial charge >= 0.3 is 5.97 Å². The molecule has 0 amide bonds. The number of aryl methyl sites for hydroxylation is 2. The molecule has 6 nitrogen and oxygen atoms in total. The van der Waals surface area contributed by atoms with Crippen LogP contribution in [0.5, 0.6) is 5.75 Å². The molecule has 118 valence electrons. The van der Waals surface area contributed by atoms with Crippen LogP contribution in [0, 0.1) is 13.8 Å². The van der Waals surface area contributed by atoms with Crippen LogP contribution in [0.25, 0.3) is 11.2 Å². The van der Waals surface area contributed by atoms with E-state index in [4.69, 9.17) is 9.84 Å². The van der Waals surface area contributed by atoms with E-state index in [1.807, 2.05) is 44.2 Å². The van der Waals surface area contributed by atoms with Crippen molar-refractivity contribution in [1.29, 1.82) is 0 Å². The third-order valence-corrected chi connectivity index (χ3v) is 3.48. The number of nitrogens with zero attached hydrogens (tertiary/aromatic N) is 3. The van der Waals surface area contributed by atoms with E-state index in [-0.39, 0.29) is 13.2 Å². The molecule has 0 spiro atoms. The minimum Gasteiger partial charge on any atom is -0.486 e. The van der Waals surface area contributed by atoms with E-state index in [1.54, 1.807) is 10.8 Å². The summed E-state index contributed by atoms with van der Waals surface area (Å²) < 4.78 is 7.30. The fourth-order valence-corrected chi connectivity index (χ4v) is 2.35. The number of carboxylic acid groups (broad SMARTS) is 1. The molecule has 3 aromatic rings. The van der Waals surface area contributed by atoms with Gasteiger partial charge in [-0.05, 0) is 37.6 Å². The normalized spacial score (nSPS) is 10.9. The standard InChI is InChI=1S/C17H17N3O3/c1-11-3-5-13(6-4-11)23-10-15-19-14-7-12(2)8-18-17(14)20(15)9-16(21)22/h3-8H,9-10H2,1-2H3,(H,21,22). The van der Waals surface area contributed by atoms with Crippen LogP contribution in [0.4, 0.5) is 0 Å². The zero-order valence-electron chi connectivity index (χ0n) is 13.0. The second-order valence-corrected chi connectivity index (χ2v) is 5.47. The zero-order chi connectivity index (χ0) is 16.4. The number of rotatable bonds is 5. The minimum atomic E-state index is -0.941. The Kier molecular flexibility index (Phi) is 3.97. The summed E-state index contributed by atoms with van der Waals surface area (Å²) in [6, 6.07) is 9.56. The van der Waals surface area contributed by atoms with Crippen molar-refractivity contribution >= 4 is 17.1 Å². The van der Waals surface area contributed by atoms with Crippen molar-refractivity contribution in [2.24, 2.45) is 0 Å². The Morgan fingerprint density at radius 1 is 1.22 bits per heavy atom. The fourth-order valence-electron chi connectivity index (χ4n) is 2.35. The molecule has 2 heterocycles. The number of carbonyl (C=O) groups is 1. The first-order valence-electron chi connectivity index (χ1n) is 7.26. The van der Waals surface area contributed by atoms with E-state index in [1.165, 1.54) is 0 Å². The topological polar surface area (TPSA) is 77.2 Å². The Morgan fingerprint density at radius 2 is 1.96 bits per heavy atom. The third-order valence-electron chi connectivity index (χ3n) is 3.48. The summed E-state index contributed by atoms with van der Waals surface area (Å²) >= 11 is 0. The lowest BCUT2D eigenvalue weighted by Crippen LogP contribution is -2.14. The number of hydrogen-bond donors (Lipinski definition) is 1. The van der Waals surface area contributed by atoms with Gasteiger partial charge in [0.1, 0.15) is 30.2 Å². The highest BCUT2D eigenvalue weighted by molar-refractivity contribution is 5.75. The van der Waals surface area contributed by atoms with Crippen LogP contribution in [0.2, 0.25) is 0 Å². The summed E-state index contributed by atoms with van der Waals surface area (Å²) in [6.07, 6.45) is 1.70. The molecular formula is C17H17N3O3. The number of hydrogen-bond acceptors (Lipinski definition) is 4. The molecule has 0 aliphatic heterocycles. The van der Waals surface area contributed by atoms with E-state index in [2.05, 4.69) is 9.97 Å². The van der Waals surface area contributed by atoms with E-state index in [9.17, 15) is 4.79 Å². The van der Waals surface area contributed by atoms with Crippen molar-refractivity contribution in [2.75, 3.05) is 0 Å². The molecule has 0 saturated carbocycles. The quantitative estimate of drug-likeness (QED) is 0.784. The van der Waals surface area contributed by atoms with E-state index in [0.29, 0.717) is 22.7 Å². The van der Waals surface area contributed by atoms with Gasteiger partial charge in [0.15, 0.2) is 5.65 Å². The molecule has 0 fully saturated rings. The minimum absolute atomic E-state index is 0.186. The molecule has 3 rings (SSSR count). The van der Waals surface area contributed by atoms with Crippen molar-refractivity contribution in [3.63, 3.8) is 0 Å². The SMILES string of the molecule is Cc1ccc(OCc2nc3cc(C)cnc3n2CC(=O)O)cc1. The number of benzene rings is 1.